The van der Waals surface area contributed by atoms with Crippen molar-refractivity contribution in [2.45, 2.75) is 57.7 Å². The third-order valence-corrected chi connectivity index (χ3v) is 4.59. The summed E-state index contributed by atoms with van der Waals surface area (Å²) in [6, 6.07) is -0.170. The number of carbonyl (C=O) groups is 2. The molecular formula is C13H20N2O2. The van der Waals surface area contributed by atoms with Crippen molar-refractivity contribution < 1.29 is 9.59 Å². The van der Waals surface area contributed by atoms with Crippen LogP contribution in [-0.4, -0.2) is 46.3 Å². The zero-order chi connectivity index (χ0) is 12.2. The predicted molar refractivity (Wildman–Crippen MR) is 63.2 cm³/mol. The van der Waals surface area contributed by atoms with Crippen LogP contribution in [0.5, 0.6) is 0 Å². The summed E-state index contributed by atoms with van der Waals surface area (Å²) in [7, 11) is 0. The van der Waals surface area contributed by atoms with E-state index < -0.39 is 0 Å². The van der Waals surface area contributed by atoms with Crippen LogP contribution in [0.25, 0.3) is 0 Å². The maximum Gasteiger partial charge on any atom is 0.246 e. The Kier molecular flexibility index (Phi) is 2.42. The monoisotopic (exact) mass is 236 g/mol. The number of hydrogen-bond acceptors (Lipinski definition) is 2. The average molecular weight is 236 g/mol. The molecule has 17 heavy (non-hydrogen) atoms. The average Bonchev–Trinajstić information content (AvgIpc) is 3.03. The highest BCUT2D eigenvalue weighted by molar-refractivity contribution is 5.97. The minimum absolute atomic E-state index is 0.152. The molecule has 3 fully saturated rings. The van der Waals surface area contributed by atoms with E-state index in [-0.39, 0.29) is 29.9 Å². The topological polar surface area (TPSA) is 40.6 Å². The van der Waals surface area contributed by atoms with Gasteiger partial charge in [-0.2, -0.15) is 0 Å². The Morgan fingerprint density at radius 3 is 2.53 bits per heavy atom. The first-order chi connectivity index (χ1) is 8.11. The Bertz CT molecular complexity index is 364. The minimum atomic E-state index is -0.257. The second-order valence-corrected chi connectivity index (χ2v) is 5.69. The van der Waals surface area contributed by atoms with E-state index in [4.69, 9.17) is 0 Å². The normalized spacial score (nSPS) is 35.2. The Labute approximate surface area is 102 Å². The lowest BCUT2D eigenvalue weighted by atomic mass is 10.0. The molecule has 2 aliphatic heterocycles. The molecule has 4 heteroatoms. The first kappa shape index (κ1) is 11.1. The molecule has 0 radical (unpaired) electrons. The third kappa shape index (κ3) is 1.57. The zero-order valence-electron chi connectivity index (χ0n) is 10.6. The van der Waals surface area contributed by atoms with Crippen LogP contribution >= 0.6 is 0 Å². The van der Waals surface area contributed by atoms with Crippen LogP contribution in [-0.2, 0) is 9.59 Å². The Morgan fingerprint density at radius 1 is 1.18 bits per heavy atom. The number of hydrogen-bond donors (Lipinski definition) is 0. The number of carbonyl (C=O) groups excluding carboxylic acids is 2. The van der Waals surface area contributed by atoms with Gasteiger partial charge in [-0.05, 0) is 45.4 Å². The molecule has 0 aromatic heterocycles. The highest BCUT2D eigenvalue weighted by Crippen LogP contribution is 2.38. The van der Waals surface area contributed by atoms with Gasteiger partial charge in [0, 0.05) is 12.6 Å². The zero-order valence-corrected chi connectivity index (χ0v) is 10.6. The molecule has 3 atom stereocenters. The molecule has 1 saturated carbocycles. The quantitative estimate of drug-likeness (QED) is 0.718. The SMILES string of the molecule is CC1C(=O)N2CCCC2C(=O)N1C(C)C1CC1. The smallest absolute Gasteiger partial charge is 0.246 e. The van der Waals surface area contributed by atoms with Gasteiger partial charge < -0.3 is 9.80 Å². The van der Waals surface area contributed by atoms with E-state index in [1.807, 2.05) is 11.8 Å². The molecule has 1 aliphatic carbocycles. The lowest BCUT2D eigenvalue weighted by Gasteiger charge is -2.44. The summed E-state index contributed by atoms with van der Waals surface area (Å²) in [5.74, 6) is 0.968. The van der Waals surface area contributed by atoms with Gasteiger partial charge in [0.05, 0.1) is 0 Å². The summed E-state index contributed by atoms with van der Waals surface area (Å²) < 4.78 is 0. The van der Waals surface area contributed by atoms with Crippen LogP contribution in [0.1, 0.15) is 39.5 Å². The van der Waals surface area contributed by atoms with Crippen LogP contribution < -0.4 is 0 Å². The van der Waals surface area contributed by atoms with Gasteiger partial charge in [-0.25, -0.2) is 0 Å². The van der Waals surface area contributed by atoms with Crippen molar-refractivity contribution in [1.82, 2.24) is 9.80 Å². The summed E-state index contributed by atoms with van der Waals surface area (Å²) >= 11 is 0. The van der Waals surface area contributed by atoms with Gasteiger partial charge in [0.15, 0.2) is 0 Å². The largest absolute Gasteiger partial charge is 0.329 e. The molecule has 0 bridgehead atoms. The minimum Gasteiger partial charge on any atom is -0.329 e. The van der Waals surface area contributed by atoms with E-state index in [0.29, 0.717) is 5.92 Å². The van der Waals surface area contributed by atoms with Gasteiger partial charge in [0.2, 0.25) is 11.8 Å². The van der Waals surface area contributed by atoms with E-state index in [2.05, 4.69) is 6.92 Å². The fourth-order valence-corrected chi connectivity index (χ4v) is 3.37. The van der Waals surface area contributed by atoms with Gasteiger partial charge >= 0.3 is 0 Å². The van der Waals surface area contributed by atoms with E-state index in [9.17, 15) is 9.59 Å². The van der Waals surface area contributed by atoms with Gasteiger partial charge in [-0.1, -0.05) is 0 Å². The molecule has 0 aromatic rings. The van der Waals surface area contributed by atoms with Gasteiger partial charge in [0.25, 0.3) is 0 Å². The van der Waals surface area contributed by atoms with Crippen LogP contribution in [0.15, 0.2) is 0 Å². The fraction of sp³-hybridized carbons (Fsp3) is 0.846. The van der Waals surface area contributed by atoms with Crippen molar-refractivity contribution in [3.63, 3.8) is 0 Å². The molecule has 2 heterocycles. The number of nitrogens with zero attached hydrogens (tertiary/aromatic N) is 2. The Morgan fingerprint density at radius 2 is 1.88 bits per heavy atom. The molecule has 2 saturated heterocycles. The summed E-state index contributed by atoms with van der Waals surface area (Å²) in [6.45, 7) is 4.75. The fourth-order valence-electron chi connectivity index (χ4n) is 3.37. The van der Waals surface area contributed by atoms with E-state index >= 15 is 0 Å². The number of piperazine rings is 1. The van der Waals surface area contributed by atoms with Crippen molar-refractivity contribution >= 4 is 11.8 Å². The molecule has 0 spiro atoms. The summed E-state index contributed by atoms with van der Waals surface area (Å²) in [6.07, 6.45) is 4.24. The second kappa shape index (κ2) is 3.72. The maximum atomic E-state index is 12.5. The molecule has 3 aliphatic rings. The molecule has 3 rings (SSSR count). The standard InChI is InChI=1S/C13H20N2O2/c1-8(10-5-6-10)15-9(2)12(16)14-7-3-4-11(14)13(15)17/h8-11H,3-7H2,1-2H3. The summed E-state index contributed by atoms with van der Waals surface area (Å²) in [4.78, 5) is 28.4. The van der Waals surface area contributed by atoms with Crippen LogP contribution in [0.3, 0.4) is 0 Å². The maximum absolute atomic E-state index is 12.5. The molecule has 94 valence electrons. The van der Waals surface area contributed by atoms with E-state index in [0.717, 1.165) is 19.4 Å². The summed E-state index contributed by atoms with van der Waals surface area (Å²) in [5.41, 5.74) is 0. The van der Waals surface area contributed by atoms with Crippen LogP contribution in [0, 0.1) is 5.92 Å². The summed E-state index contributed by atoms with van der Waals surface area (Å²) in [5, 5.41) is 0. The number of amides is 2. The van der Waals surface area contributed by atoms with Crippen LogP contribution in [0.2, 0.25) is 0 Å². The molecule has 2 amide bonds. The first-order valence-electron chi connectivity index (χ1n) is 6.74. The van der Waals surface area contributed by atoms with Gasteiger partial charge in [-0.15, -0.1) is 0 Å². The Balaban J connectivity index is 1.87. The van der Waals surface area contributed by atoms with E-state index in [1.54, 1.807) is 4.90 Å². The third-order valence-electron chi connectivity index (χ3n) is 4.59. The first-order valence-corrected chi connectivity index (χ1v) is 6.74. The molecule has 0 aromatic carbocycles. The van der Waals surface area contributed by atoms with Crippen LogP contribution in [0.4, 0.5) is 0 Å². The Hall–Kier alpha value is -1.06. The molecule has 3 unspecified atom stereocenters. The number of fused-ring (bicyclic) bond motifs is 1. The number of rotatable bonds is 2. The van der Waals surface area contributed by atoms with E-state index in [1.165, 1.54) is 12.8 Å². The van der Waals surface area contributed by atoms with Crippen molar-refractivity contribution in [2.75, 3.05) is 6.54 Å². The second-order valence-electron chi connectivity index (χ2n) is 5.69. The van der Waals surface area contributed by atoms with Crippen molar-refractivity contribution in [3.8, 4) is 0 Å². The van der Waals surface area contributed by atoms with Gasteiger partial charge in [-0.3, -0.25) is 9.59 Å². The molecular weight excluding hydrogens is 216 g/mol. The lowest BCUT2D eigenvalue weighted by molar-refractivity contribution is -0.161. The molecule has 0 N–H and O–H groups in total. The predicted octanol–water partition coefficient (Wildman–Crippen LogP) is 1.01. The van der Waals surface area contributed by atoms with Crippen molar-refractivity contribution in [2.24, 2.45) is 5.92 Å². The highest BCUT2D eigenvalue weighted by atomic mass is 16.2. The molecule has 4 nitrogen and oxygen atoms in total. The van der Waals surface area contributed by atoms with Crippen molar-refractivity contribution in [1.29, 1.82) is 0 Å². The lowest BCUT2D eigenvalue weighted by Crippen LogP contribution is -2.64. The van der Waals surface area contributed by atoms with Crippen molar-refractivity contribution in [3.05, 3.63) is 0 Å². The highest BCUT2D eigenvalue weighted by Gasteiger charge is 2.49. The van der Waals surface area contributed by atoms with Gasteiger partial charge in [0.1, 0.15) is 12.1 Å².